The number of likely N-dealkylation sites (tertiary alicyclic amines) is 1. The van der Waals surface area contributed by atoms with Crippen LogP contribution in [0.3, 0.4) is 0 Å². The third-order valence-corrected chi connectivity index (χ3v) is 3.86. The van der Waals surface area contributed by atoms with Gasteiger partial charge in [0, 0.05) is 32.9 Å². The Bertz CT molecular complexity index is 509. The van der Waals surface area contributed by atoms with Crippen molar-refractivity contribution in [3.8, 4) is 0 Å². The fourth-order valence-electron chi connectivity index (χ4n) is 2.79. The van der Waals surface area contributed by atoms with E-state index in [4.69, 9.17) is 4.74 Å². The molecular formula is C16H29N5O2. The SMILES string of the molecule is Cn1cc(CNCCC2CCCN(C(=O)OC(C)(C)C)C2)nn1. The second kappa shape index (κ2) is 7.77. The lowest BCUT2D eigenvalue weighted by atomic mass is 9.95. The maximum Gasteiger partial charge on any atom is 0.410 e. The molecule has 2 rings (SSSR count). The van der Waals surface area contributed by atoms with Crippen LogP contribution in [0.25, 0.3) is 0 Å². The number of aryl methyl sites for hydroxylation is 1. The Labute approximate surface area is 138 Å². The first-order chi connectivity index (χ1) is 10.8. The van der Waals surface area contributed by atoms with Crippen LogP contribution in [0.1, 0.15) is 45.7 Å². The molecular weight excluding hydrogens is 294 g/mol. The maximum absolute atomic E-state index is 12.1. The summed E-state index contributed by atoms with van der Waals surface area (Å²) in [4.78, 5) is 14.0. The molecule has 7 nitrogen and oxygen atoms in total. The summed E-state index contributed by atoms with van der Waals surface area (Å²) < 4.78 is 7.17. The Kier molecular flexibility index (Phi) is 5.98. The smallest absolute Gasteiger partial charge is 0.410 e. The van der Waals surface area contributed by atoms with Crippen molar-refractivity contribution in [3.05, 3.63) is 11.9 Å². The molecule has 0 aliphatic carbocycles. The lowest BCUT2D eigenvalue weighted by molar-refractivity contribution is 0.0162. The van der Waals surface area contributed by atoms with E-state index >= 15 is 0 Å². The zero-order valence-corrected chi connectivity index (χ0v) is 14.7. The van der Waals surface area contributed by atoms with Crippen molar-refractivity contribution in [2.24, 2.45) is 13.0 Å². The molecule has 1 fully saturated rings. The van der Waals surface area contributed by atoms with E-state index in [0.717, 1.165) is 44.7 Å². The predicted molar refractivity (Wildman–Crippen MR) is 87.9 cm³/mol. The van der Waals surface area contributed by atoms with Crippen molar-refractivity contribution in [2.45, 2.75) is 52.2 Å². The molecule has 0 spiro atoms. The van der Waals surface area contributed by atoms with Gasteiger partial charge in [0.05, 0.1) is 5.69 Å². The van der Waals surface area contributed by atoms with E-state index < -0.39 is 5.60 Å². The molecule has 1 unspecified atom stereocenters. The van der Waals surface area contributed by atoms with Crippen LogP contribution in [0.5, 0.6) is 0 Å². The van der Waals surface area contributed by atoms with Crippen molar-refractivity contribution < 1.29 is 9.53 Å². The molecule has 1 aromatic heterocycles. The van der Waals surface area contributed by atoms with E-state index in [-0.39, 0.29) is 6.09 Å². The normalized spacial score (nSPS) is 19.0. The molecule has 1 atom stereocenters. The number of hydrogen-bond donors (Lipinski definition) is 1. The number of nitrogens with one attached hydrogen (secondary N) is 1. The van der Waals surface area contributed by atoms with E-state index in [9.17, 15) is 4.79 Å². The monoisotopic (exact) mass is 323 g/mol. The van der Waals surface area contributed by atoms with Crippen molar-refractivity contribution in [2.75, 3.05) is 19.6 Å². The number of carbonyl (C=O) groups is 1. The van der Waals surface area contributed by atoms with E-state index in [1.165, 1.54) is 6.42 Å². The molecule has 130 valence electrons. The highest BCUT2D eigenvalue weighted by atomic mass is 16.6. The standard InChI is InChI=1S/C16H29N5O2/c1-16(2,3)23-15(22)21-9-5-6-13(11-21)7-8-17-10-14-12-20(4)19-18-14/h12-13,17H,5-11H2,1-4H3. The predicted octanol–water partition coefficient (Wildman–Crippen LogP) is 1.94. The highest BCUT2D eigenvalue weighted by Gasteiger charge is 2.27. The molecule has 1 N–H and O–H groups in total. The molecule has 0 radical (unpaired) electrons. The first kappa shape index (κ1) is 17.7. The van der Waals surface area contributed by atoms with Gasteiger partial charge in [-0.15, -0.1) is 5.10 Å². The van der Waals surface area contributed by atoms with Gasteiger partial charge >= 0.3 is 6.09 Å². The highest BCUT2D eigenvalue weighted by molar-refractivity contribution is 5.68. The van der Waals surface area contributed by atoms with Crippen molar-refractivity contribution in [1.82, 2.24) is 25.2 Å². The van der Waals surface area contributed by atoms with Gasteiger partial charge in [0.15, 0.2) is 0 Å². The summed E-state index contributed by atoms with van der Waals surface area (Å²) in [6.07, 6.45) is 5.01. The zero-order chi connectivity index (χ0) is 16.9. The van der Waals surface area contributed by atoms with Crippen LogP contribution in [0.4, 0.5) is 4.79 Å². The Morgan fingerprint density at radius 1 is 1.48 bits per heavy atom. The number of piperidine rings is 1. The molecule has 1 saturated heterocycles. The van der Waals surface area contributed by atoms with Crippen molar-refractivity contribution in [3.63, 3.8) is 0 Å². The number of rotatable bonds is 5. The van der Waals surface area contributed by atoms with Crippen molar-refractivity contribution >= 4 is 6.09 Å². The minimum Gasteiger partial charge on any atom is -0.444 e. The lowest BCUT2D eigenvalue weighted by Crippen LogP contribution is -2.43. The summed E-state index contributed by atoms with van der Waals surface area (Å²) in [5.41, 5.74) is 0.522. The molecule has 2 heterocycles. The topological polar surface area (TPSA) is 72.3 Å². The number of nitrogens with zero attached hydrogens (tertiary/aromatic N) is 4. The molecule has 1 aromatic rings. The number of amides is 1. The lowest BCUT2D eigenvalue weighted by Gasteiger charge is -2.34. The van der Waals surface area contributed by atoms with Gasteiger partial charge in [0.2, 0.25) is 0 Å². The molecule has 0 aromatic carbocycles. The van der Waals surface area contributed by atoms with Gasteiger partial charge in [-0.2, -0.15) is 0 Å². The van der Waals surface area contributed by atoms with Crippen LogP contribution in [0, 0.1) is 5.92 Å². The molecule has 23 heavy (non-hydrogen) atoms. The number of hydrogen-bond acceptors (Lipinski definition) is 5. The number of aromatic nitrogens is 3. The second-order valence-corrected chi connectivity index (χ2v) is 7.28. The average molecular weight is 323 g/mol. The number of ether oxygens (including phenoxy) is 1. The van der Waals surface area contributed by atoms with Crippen molar-refractivity contribution in [1.29, 1.82) is 0 Å². The largest absolute Gasteiger partial charge is 0.444 e. The van der Waals surface area contributed by atoms with Crippen LogP contribution in [-0.4, -0.2) is 51.2 Å². The minimum absolute atomic E-state index is 0.185. The van der Waals surface area contributed by atoms with E-state index in [2.05, 4.69) is 15.6 Å². The van der Waals surface area contributed by atoms with E-state index in [0.29, 0.717) is 5.92 Å². The summed E-state index contributed by atoms with van der Waals surface area (Å²) in [6, 6.07) is 0. The second-order valence-electron chi connectivity index (χ2n) is 7.28. The average Bonchev–Trinajstić information content (AvgIpc) is 2.88. The van der Waals surface area contributed by atoms with Gasteiger partial charge in [-0.05, 0) is 52.5 Å². The quantitative estimate of drug-likeness (QED) is 0.839. The summed E-state index contributed by atoms with van der Waals surface area (Å²) in [5, 5.41) is 11.4. The summed E-state index contributed by atoms with van der Waals surface area (Å²) >= 11 is 0. The molecule has 1 amide bonds. The number of carbonyl (C=O) groups excluding carboxylic acids is 1. The zero-order valence-electron chi connectivity index (χ0n) is 14.7. The Balaban J connectivity index is 1.68. The van der Waals surface area contributed by atoms with Gasteiger partial charge in [0.25, 0.3) is 0 Å². The van der Waals surface area contributed by atoms with Crippen LogP contribution < -0.4 is 5.32 Å². The molecule has 1 aliphatic heterocycles. The van der Waals surface area contributed by atoms with E-state index in [1.54, 1.807) is 4.68 Å². The Hall–Kier alpha value is -1.63. The fourth-order valence-corrected chi connectivity index (χ4v) is 2.79. The van der Waals surface area contributed by atoms with Gasteiger partial charge in [0.1, 0.15) is 5.60 Å². The Morgan fingerprint density at radius 3 is 2.91 bits per heavy atom. The Morgan fingerprint density at radius 2 is 2.26 bits per heavy atom. The molecule has 0 bridgehead atoms. The van der Waals surface area contributed by atoms with Crippen LogP contribution in [-0.2, 0) is 18.3 Å². The third kappa shape index (κ3) is 6.17. The van der Waals surface area contributed by atoms with E-state index in [1.807, 2.05) is 38.9 Å². The molecule has 1 aliphatic rings. The van der Waals surface area contributed by atoms with Gasteiger partial charge < -0.3 is 15.0 Å². The summed E-state index contributed by atoms with van der Waals surface area (Å²) in [6.45, 7) is 8.97. The summed E-state index contributed by atoms with van der Waals surface area (Å²) in [5.74, 6) is 0.533. The van der Waals surface area contributed by atoms with Crippen LogP contribution >= 0.6 is 0 Å². The summed E-state index contributed by atoms with van der Waals surface area (Å²) in [7, 11) is 1.86. The van der Waals surface area contributed by atoms with Crippen LogP contribution in [0.15, 0.2) is 6.20 Å². The van der Waals surface area contributed by atoms with Gasteiger partial charge in [-0.3, -0.25) is 4.68 Å². The van der Waals surface area contributed by atoms with Gasteiger partial charge in [-0.1, -0.05) is 5.21 Å². The first-order valence-corrected chi connectivity index (χ1v) is 8.37. The van der Waals surface area contributed by atoms with Crippen LogP contribution in [0.2, 0.25) is 0 Å². The highest BCUT2D eigenvalue weighted by Crippen LogP contribution is 2.21. The molecule has 7 heteroatoms. The fraction of sp³-hybridized carbons (Fsp3) is 0.812. The first-order valence-electron chi connectivity index (χ1n) is 8.37. The minimum atomic E-state index is -0.428. The maximum atomic E-state index is 12.1. The molecule has 0 saturated carbocycles. The van der Waals surface area contributed by atoms with Gasteiger partial charge in [-0.25, -0.2) is 4.79 Å². The third-order valence-electron chi connectivity index (χ3n) is 3.86.